The predicted molar refractivity (Wildman–Crippen MR) is 77.6 cm³/mol. The summed E-state index contributed by atoms with van der Waals surface area (Å²) in [6, 6.07) is 3.61. The molecule has 0 radical (unpaired) electrons. The number of carbonyl (C=O) groups is 1. The maximum atomic E-state index is 12.3. The third-order valence-electron chi connectivity index (χ3n) is 2.34. The van der Waals surface area contributed by atoms with Crippen LogP contribution >= 0.6 is 23.1 Å². The quantitative estimate of drug-likeness (QED) is 0.660. The highest BCUT2D eigenvalue weighted by atomic mass is 32.2. The lowest BCUT2D eigenvalue weighted by Crippen LogP contribution is -2.14. The Morgan fingerprint density at radius 2 is 2.14 bits per heavy atom. The number of nitrogens with one attached hydrogen (secondary N) is 1. The van der Waals surface area contributed by atoms with E-state index < -0.39 is 11.4 Å². The van der Waals surface area contributed by atoms with Crippen molar-refractivity contribution in [2.24, 2.45) is 0 Å². The highest BCUT2D eigenvalue weighted by Crippen LogP contribution is 2.37. The number of halogens is 3. The number of hydrogen-bond acceptors (Lipinski definition) is 5. The van der Waals surface area contributed by atoms with Crippen LogP contribution in [0.25, 0.3) is 0 Å². The van der Waals surface area contributed by atoms with Gasteiger partial charge in [-0.1, -0.05) is 0 Å². The number of alkyl halides is 3. The third-order valence-corrected chi connectivity index (χ3v) is 3.94. The molecule has 0 atom stereocenters. The number of aromatic nitrogens is 1. The molecule has 0 bridgehead atoms. The Morgan fingerprint density at radius 3 is 2.71 bits per heavy atom. The topological polar surface area (TPSA) is 68.0 Å². The van der Waals surface area contributed by atoms with Crippen molar-refractivity contribution < 1.29 is 18.0 Å². The van der Waals surface area contributed by atoms with Crippen molar-refractivity contribution in [3.05, 3.63) is 34.8 Å². The summed E-state index contributed by atoms with van der Waals surface area (Å²) in [7, 11) is 0. The first-order valence-corrected chi connectivity index (χ1v) is 7.33. The molecule has 0 spiro atoms. The number of amides is 1. The standard InChI is InChI=1S/C12H10F3N3OS2/c1-6-5-20-11(17-6)18-10(19)8-4-7(2-3-9(8)16)21-12(13,14)15/h2-5H,16H2,1H3,(H,17,18,19). The van der Waals surface area contributed by atoms with E-state index >= 15 is 0 Å². The molecule has 9 heteroatoms. The van der Waals surface area contributed by atoms with Crippen molar-refractivity contribution in [1.29, 1.82) is 0 Å². The van der Waals surface area contributed by atoms with Crippen LogP contribution in [0.1, 0.15) is 16.1 Å². The molecule has 4 nitrogen and oxygen atoms in total. The Balaban J connectivity index is 2.21. The number of thioether (sulfide) groups is 1. The van der Waals surface area contributed by atoms with Gasteiger partial charge in [-0.15, -0.1) is 11.3 Å². The van der Waals surface area contributed by atoms with Gasteiger partial charge in [-0.3, -0.25) is 10.1 Å². The molecule has 21 heavy (non-hydrogen) atoms. The molecule has 0 unspecified atom stereocenters. The first-order chi connectivity index (χ1) is 9.74. The van der Waals surface area contributed by atoms with Crippen LogP contribution in [0.2, 0.25) is 0 Å². The fraction of sp³-hybridized carbons (Fsp3) is 0.167. The van der Waals surface area contributed by atoms with Gasteiger partial charge < -0.3 is 5.73 Å². The van der Waals surface area contributed by atoms with Gasteiger partial charge in [-0.25, -0.2) is 4.98 Å². The number of nitrogens with two attached hydrogens (primary N) is 1. The molecule has 0 fully saturated rings. The zero-order valence-electron chi connectivity index (χ0n) is 10.7. The lowest BCUT2D eigenvalue weighted by molar-refractivity contribution is -0.0328. The largest absolute Gasteiger partial charge is 0.446 e. The number of carbonyl (C=O) groups excluding carboxylic acids is 1. The highest BCUT2D eigenvalue weighted by Gasteiger charge is 2.29. The SMILES string of the molecule is Cc1csc(NC(=O)c2cc(SC(F)(F)F)ccc2N)n1. The van der Waals surface area contributed by atoms with Crippen LogP contribution in [-0.4, -0.2) is 16.4 Å². The molecule has 1 aromatic heterocycles. The molecule has 112 valence electrons. The van der Waals surface area contributed by atoms with Crippen LogP contribution in [0, 0.1) is 6.92 Å². The fourth-order valence-electron chi connectivity index (χ4n) is 1.50. The van der Waals surface area contributed by atoms with E-state index in [1.54, 1.807) is 12.3 Å². The molecular weight excluding hydrogens is 323 g/mol. The second kappa shape index (κ2) is 5.94. The van der Waals surface area contributed by atoms with Gasteiger partial charge in [0.2, 0.25) is 0 Å². The summed E-state index contributed by atoms with van der Waals surface area (Å²) in [5.74, 6) is -0.591. The van der Waals surface area contributed by atoms with Crippen molar-refractivity contribution in [3.63, 3.8) is 0 Å². The molecule has 1 aromatic carbocycles. The number of thiazole rings is 1. The molecule has 3 N–H and O–H groups in total. The average Bonchev–Trinajstić information content (AvgIpc) is 2.75. The van der Waals surface area contributed by atoms with Gasteiger partial charge >= 0.3 is 5.51 Å². The van der Waals surface area contributed by atoms with Crippen molar-refractivity contribution in [2.45, 2.75) is 17.3 Å². The number of benzene rings is 1. The fourth-order valence-corrected chi connectivity index (χ4v) is 2.77. The van der Waals surface area contributed by atoms with E-state index in [-0.39, 0.29) is 27.9 Å². The van der Waals surface area contributed by atoms with Crippen LogP contribution in [0.15, 0.2) is 28.5 Å². The Kier molecular flexibility index (Phi) is 4.43. The van der Waals surface area contributed by atoms with E-state index in [0.717, 1.165) is 11.8 Å². The second-order valence-corrected chi connectivity index (χ2v) is 6.04. The zero-order valence-corrected chi connectivity index (χ0v) is 12.3. The summed E-state index contributed by atoms with van der Waals surface area (Å²) in [5.41, 5.74) is 2.05. The summed E-state index contributed by atoms with van der Waals surface area (Å²) >= 11 is 0.926. The molecule has 0 aliphatic heterocycles. The van der Waals surface area contributed by atoms with E-state index in [2.05, 4.69) is 10.3 Å². The van der Waals surface area contributed by atoms with Gasteiger partial charge in [0.15, 0.2) is 5.13 Å². The van der Waals surface area contributed by atoms with Crippen LogP contribution in [0.4, 0.5) is 24.0 Å². The van der Waals surface area contributed by atoms with Crippen molar-refractivity contribution in [2.75, 3.05) is 11.1 Å². The lowest BCUT2D eigenvalue weighted by Gasteiger charge is -2.09. The van der Waals surface area contributed by atoms with E-state index in [4.69, 9.17) is 5.73 Å². The molecule has 0 saturated heterocycles. The van der Waals surface area contributed by atoms with Crippen molar-refractivity contribution in [3.8, 4) is 0 Å². The Hall–Kier alpha value is -1.74. The lowest BCUT2D eigenvalue weighted by atomic mass is 10.1. The van der Waals surface area contributed by atoms with Crippen LogP contribution in [-0.2, 0) is 0 Å². The van der Waals surface area contributed by atoms with Crippen LogP contribution < -0.4 is 11.1 Å². The normalized spacial score (nSPS) is 11.4. The van der Waals surface area contributed by atoms with E-state index in [1.165, 1.54) is 23.5 Å². The van der Waals surface area contributed by atoms with Gasteiger partial charge in [0.1, 0.15) is 0 Å². The van der Waals surface area contributed by atoms with Gasteiger partial charge in [-0.05, 0) is 36.9 Å². The van der Waals surface area contributed by atoms with E-state index in [9.17, 15) is 18.0 Å². The number of rotatable bonds is 3. The Labute approximate surface area is 126 Å². The summed E-state index contributed by atoms with van der Waals surface area (Å²) < 4.78 is 37.0. The summed E-state index contributed by atoms with van der Waals surface area (Å²) in [6.45, 7) is 1.76. The van der Waals surface area contributed by atoms with E-state index in [0.29, 0.717) is 5.13 Å². The number of aryl methyl sites for hydroxylation is 1. The van der Waals surface area contributed by atoms with Crippen molar-refractivity contribution in [1.82, 2.24) is 4.98 Å². The summed E-state index contributed by atoms with van der Waals surface area (Å²) in [6.07, 6.45) is 0. The van der Waals surface area contributed by atoms with Gasteiger partial charge in [0.05, 0.1) is 11.3 Å². The van der Waals surface area contributed by atoms with Gasteiger partial charge in [0, 0.05) is 16.0 Å². The second-order valence-electron chi connectivity index (χ2n) is 4.05. The Bertz CT molecular complexity index is 670. The minimum atomic E-state index is -4.42. The molecule has 0 aliphatic carbocycles. The van der Waals surface area contributed by atoms with Gasteiger partial charge in [-0.2, -0.15) is 13.2 Å². The number of nitrogen functional groups attached to an aromatic ring is 1. The number of nitrogens with zero attached hydrogens (tertiary/aromatic N) is 1. The number of hydrogen-bond donors (Lipinski definition) is 2. The minimum Gasteiger partial charge on any atom is -0.398 e. The first kappa shape index (κ1) is 15.6. The molecule has 1 heterocycles. The van der Waals surface area contributed by atoms with Crippen molar-refractivity contribution >= 4 is 39.8 Å². The minimum absolute atomic E-state index is 0.0166. The smallest absolute Gasteiger partial charge is 0.398 e. The molecule has 1 amide bonds. The van der Waals surface area contributed by atoms with Crippen LogP contribution in [0.5, 0.6) is 0 Å². The molecule has 2 rings (SSSR count). The first-order valence-electron chi connectivity index (χ1n) is 5.63. The maximum absolute atomic E-state index is 12.3. The summed E-state index contributed by atoms with van der Waals surface area (Å²) in [5, 5.41) is 4.62. The number of anilines is 2. The highest BCUT2D eigenvalue weighted by molar-refractivity contribution is 8.00. The predicted octanol–water partition coefficient (Wildman–Crippen LogP) is 3.90. The molecule has 2 aromatic rings. The maximum Gasteiger partial charge on any atom is 0.446 e. The third kappa shape index (κ3) is 4.36. The van der Waals surface area contributed by atoms with E-state index in [1.807, 2.05) is 0 Å². The molecular formula is C12H10F3N3OS2. The zero-order chi connectivity index (χ0) is 15.6. The summed E-state index contributed by atoms with van der Waals surface area (Å²) in [4.78, 5) is 16.0. The molecule has 0 saturated carbocycles. The van der Waals surface area contributed by atoms with Gasteiger partial charge in [0.25, 0.3) is 5.91 Å². The molecule has 0 aliphatic rings. The Morgan fingerprint density at radius 1 is 1.43 bits per heavy atom. The van der Waals surface area contributed by atoms with Crippen LogP contribution in [0.3, 0.4) is 0 Å². The monoisotopic (exact) mass is 333 g/mol. The average molecular weight is 333 g/mol.